The molecule has 3 N–H and O–H groups in total. The number of rotatable bonds is 6. The summed E-state index contributed by atoms with van der Waals surface area (Å²) < 4.78 is 15.1. The topological polar surface area (TPSA) is 100 Å². The second-order valence-electron chi connectivity index (χ2n) is 8.52. The second kappa shape index (κ2) is 8.26. The summed E-state index contributed by atoms with van der Waals surface area (Å²) in [5.41, 5.74) is 1.76. The summed E-state index contributed by atoms with van der Waals surface area (Å²) in [4.78, 5) is 38.7. The summed E-state index contributed by atoms with van der Waals surface area (Å²) in [5, 5.41) is 15.0. The lowest BCUT2D eigenvalue weighted by Crippen LogP contribution is -2.58. The molecular formula is C23H28FN3O4. The van der Waals surface area contributed by atoms with E-state index in [0.717, 1.165) is 0 Å². The molecule has 31 heavy (non-hydrogen) atoms. The average Bonchev–Trinajstić information content (AvgIpc) is 2.93. The maximum absolute atomic E-state index is 13.5. The molecule has 0 saturated heterocycles. The molecule has 3 rings (SSSR count). The van der Waals surface area contributed by atoms with Gasteiger partial charge in [0.25, 0.3) is 17.6 Å². The molecule has 0 radical (unpaired) electrons. The highest BCUT2D eigenvalue weighted by molar-refractivity contribution is 6.43. The van der Waals surface area contributed by atoms with Crippen molar-refractivity contribution < 1.29 is 23.9 Å². The number of carbonyl (C=O) groups excluding carboxylic acids is 3. The van der Waals surface area contributed by atoms with E-state index >= 15 is 0 Å². The second-order valence-corrected chi connectivity index (χ2v) is 8.52. The van der Waals surface area contributed by atoms with Crippen LogP contribution in [0.3, 0.4) is 0 Å². The van der Waals surface area contributed by atoms with Crippen molar-refractivity contribution in [2.75, 3.05) is 5.32 Å². The summed E-state index contributed by atoms with van der Waals surface area (Å²) in [7, 11) is 1.64. The molecule has 2 aromatic rings. The van der Waals surface area contributed by atoms with E-state index in [0.29, 0.717) is 47.3 Å². The van der Waals surface area contributed by atoms with Crippen LogP contribution in [-0.2, 0) is 18.3 Å². The Morgan fingerprint density at radius 1 is 1.26 bits per heavy atom. The Hall–Kier alpha value is -3.00. The highest BCUT2D eigenvalue weighted by atomic mass is 19.1. The first-order valence-electron chi connectivity index (χ1n) is 10.3. The zero-order valence-corrected chi connectivity index (χ0v) is 18.4. The van der Waals surface area contributed by atoms with Crippen LogP contribution in [0, 0.1) is 19.7 Å². The van der Waals surface area contributed by atoms with E-state index in [1.807, 2.05) is 6.92 Å². The largest absolute Gasteiger partial charge is 0.393 e. The molecular weight excluding hydrogens is 401 g/mol. The average molecular weight is 429 g/mol. The summed E-state index contributed by atoms with van der Waals surface area (Å²) in [6.45, 7) is 6.91. The summed E-state index contributed by atoms with van der Waals surface area (Å²) in [5.74, 6) is -2.27. The fraction of sp³-hybridized carbons (Fsp3) is 0.435. The van der Waals surface area contributed by atoms with Crippen molar-refractivity contribution >= 4 is 23.3 Å². The van der Waals surface area contributed by atoms with Gasteiger partial charge in [-0.25, -0.2) is 4.39 Å². The van der Waals surface area contributed by atoms with Crippen LogP contribution < -0.4 is 10.6 Å². The van der Waals surface area contributed by atoms with Gasteiger partial charge in [-0.2, -0.15) is 0 Å². The van der Waals surface area contributed by atoms with Gasteiger partial charge in [0.05, 0.1) is 17.4 Å². The van der Waals surface area contributed by atoms with Crippen LogP contribution >= 0.6 is 0 Å². The number of amides is 2. The van der Waals surface area contributed by atoms with Crippen molar-refractivity contribution in [1.82, 2.24) is 9.88 Å². The highest BCUT2D eigenvalue weighted by Gasteiger charge is 2.42. The number of carbonyl (C=O) groups is 3. The quantitative estimate of drug-likeness (QED) is 0.486. The van der Waals surface area contributed by atoms with E-state index in [4.69, 9.17) is 0 Å². The minimum Gasteiger partial charge on any atom is -0.393 e. The predicted molar refractivity (Wildman–Crippen MR) is 115 cm³/mol. The third kappa shape index (κ3) is 4.25. The normalized spacial score (nSPS) is 20.2. The monoisotopic (exact) mass is 429 g/mol. The van der Waals surface area contributed by atoms with Crippen LogP contribution in [0.5, 0.6) is 0 Å². The van der Waals surface area contributed by atoms with E-state index in [-0.39, 0.29) is 11.5 Å². The number of hydrogen-bond acceptors (Lipinski definition) is 4. The lowest BCUT2D eigenvalue weighted by atomic mass is 9.76. The molecule has 7 nitrogen and oxygen atoms in total. The summed E-state index contributed by atoms with van der Waals surface area (Å²) in [6, 6.07) is 4.28. The molecule has 1 aliphatic carbocycles. The molecule has 0 aliphatic heterocycles. The minimum atomic E-state index is -0.759. The maximum atomic E-state index is 13.5. The van der Waals surface area contributed by atoms with E-state index in [2.05, 4.69) is 10.6 Å². The first-order valence-corrected chi connectivity index (χ1v) is 10.3. The number of aliphatic hydroxyl groups excluding tert-OH is 1. The number of nitrogens with zero attached hydrogens (tertiary/aromatic N) is 1. The van der Waals surface area contributed by atoms with Crippen molar-refractivity contribution in [3.8, 4) is 0 Å². The fourth-order valence-corrected chi connectivity index (χ4v) is 4.25. The van der Waals surface area contributed by atoms with E-state index in [1.165, 1.54) is 18.2 Å². The van der Waals surface area contributed by atoms with Gasteiger partial charge in [0, 0.05) is 24.0 Å². The Morgan fingerprint density at radius 3 is 2.45 bits per heavy atom. The molecule has 0 atom stereocenters. The Bertz CT molecular complexity index is 1070. The molecule has 0 bridgehead atoms. The molecule has 166 valence electrons. The SMILES string of the molecule is CCc1c(C(=O)Nc2ccc(F)c(C)c2)c(C)n(C)c1C(=O)C(=O)NC1(C)CC(O)C1. The molecule has 8 heteroatoms. The van der Waals surface area contributed by atoms with E-state index in [9.17, 15) is 23.9 Å². The third-order valence-electron chi connectivity index (χ3n) is 5.99. The number of ketones is 1. The number of aromatic nitrogens is 1. The standard InChI is InChI=1S/C23H28FN3O4/c1-6-16-18(21(30)25-14-7-8-17(24)12(2)9-14)13(3)27(5)19(16)20(29)22(31)26-23(4)10-15(28)11-23/h7-9,15,28H,6,10-11H2,1-5H3,(H,25,30)(H,26,31). The van der Waals surface area contributed by atoms with Crippen LogP contribution in [0.15, 0.2) is 18.2 Å². The number of benzene rings is 1. The van der Waals surface area contributed by atoms with Crippen molar-refractivity contribution in [2.24, 2.45) is 7.05 Å². The van der Waals surface area contributed by atoms with Gasteiger partial charge in [-0.1, -0.05) is 6.92 Å². The smallest absolute Gasteiger partial charge is 0.294 e. The zero-order chi connectivity index (χ0) is 23.1. The number of nitrogens with one attached hydrogen (secondary N) is 2. The molecule has 1 aromatic heterocycles. The predicted octanol–water partition coefficient (Wildman–Crippen LogP) is 2.81. The Kier molecular flexibility index (Phi) is 6.04. The van der Waals surface area contributed by atoms with Crippen LogP contribution in [0.1, 0.15) is 64.4 Å². The molecule has 1 aliphatic rings. The molecule has 1 heterocycles. The lowest BCUT2D eigenvalue weighted by molar-refractivity contribution is -0.121. The molecule has 1 aromatic carbocycles. The Labute approximate surface area is 180 Å². The first kappa shape index (κ1) is 22.7. The van der Waals surface area contributed by atoms with Gasteiger partial charge in [0.1, 0.15) is 5.82 Å². The van der Waals surface area contributed by atoms with Crippen LogP contribution in [0.4, 0.5) is 10.1 Å². The van der Waals surface area contributed by atoms with Gasteiger partial charge in [0.2, 0.25) is 0 Å². The number of hydrogen-bond donors (Lipinski definition) is 3. The van der Waals surface area contributed by atoms with Gasteiger partial charge in [0.15, 0.2) is 0 Å². The Balaban J connectivity index is 1.90. The van der Waals surface area contributed by atoms with Gasteiger partial charge in [-0.3, -0.25) is 14.4 Å². The van der Waals surface area contributed by atoms with Crippen LogP contribution in [0.25, 0.3) is 0 Å². The fourth-order valence-electron chi connectivity index (χ4n) is 4.25. The van der Waals surface area contributed by atoms with Gasteiger partial charge >= 0.3 is 0 Å². The first-order chi connectivity index (χ1) is 14.5. The zero-order valence-electron chi connectivity index (χ0n) is 18.4. The van der Waals surface area contributed by atoms with Crippen molar-refractivity contribution in [3.05, 3.63) is 52.1 Å². The minimum absolute atomic E-state index is 0.168. The van der Waals surface area contributed by atoms with E-state index in [1.54, 1.807) is 32.4 Å². The maximum Gasteiger partial charge on any atom is 0.294 e. The summed E-state index contributed by atoms with van der Waals surface area (Å²) >= 11 is 0. The van der Waals surface area contributed by atoms with Gasteiger partial charge in [-0.15, -0.1) is 0 Å². The lowest BCUT2D eigenvalue weighted by Gasteiger charge is -2.42. The third-order valence-corrected chi connectivity index (χ3v) is 5.99. The molecule has 0 spiro atoms. The number of aliphatic hydroxyl groups is 1. The number of anilines is 1. The molecule has 0 unspecified atom stereocenters. The highest BCUT2D eigenvalue weighted by Crippen LogP contribution is 2.32. The van der Waals surface area contributed by atoms with Crippen molar-refractivity contribution in [3.63, 3.8) is 0 Å². The van der Waals surface area contributed by atoms with Crippen molar-refractivity contribution in [2.45, 2.75) is 58.6 Å². The number of halogens is 1. The molecule has 1 fully saturated rings. The molecule has 2 amide bonds. The molecule has 1 saturated carbocycles. The van der Waals surface area contributed by atoms with Crippen molar-refractivity contribution in [1.29, 1.82) is 0 Å². The van der Waals surface area contributed by atoms with Crippen LogP contribution in [0.2, 0.25) is 0 Å². The van der Waals surface area contributed by atoms with E-state index < -0.39 is 29.2 Å². The number of aryl methyl sites for hydroxylation is 1. The van der Waals surface area contributed by atoms with Crippen LogP contribution in [-0.4, -0.2) is 38.9 Å². The number of Topliss-reactive ketones (excluding diaryl/α,β-unsaturated/α-hetero) is 1. The van der Waals surface area contributed by atoms with Gasteiger partial charge < -0.3 is 20.3 Å². The Morgan fingerprint density at radius 2 is 1.90 bits per heavy atom. The summed E-state index contributed by atoms with van der Waals surface area (Å²) in [6.07, 6.45) is 0.680. The van der Waals surface area contributed by atoms with Gasteiger partial charge in [-0.05, 0) is 69.4 Å².